The highest BCUT2D eigenvalue weighted by Crippen LogP contribution is 2.26. The number of nitrogens with zero attached hydrogens (tertiary/aromatic N) is 2. The number of benzene rings is 1. The topological polar surface area (TPSA) is 69.7 Å². The third kappa shape index (κ3) is 5.00. The predicted molar refractivity (Wildman–Crippen MR) is 108 cm³/mol. The standard InChI is InChI=1S/C22H29N3O3/c1-2-20(26)23-16-17-8-10-19(11-9-17)22(28)25-14-12-24(13-15-25)21(27)18-6-4-3-5-7-18/h2,8-11,18H,1,3-7,12-16H2,(H,23,26). The maximum absolute atomic E-state index is 12.7. The number of nitrogens with one attached hydrogen (secondary N) is 1. The highest BCUT2D eigenvalue weighted by atomic mass is 16.2. The van der Waals surface area contributed by atoms with Crippen LogP contribution in [0.2, 0.25) is 0 Å². The summed E-state index contributed by atoms with van der Waals surface area (Å²) in [6, 6.07) is 7.27. The predicted octanol–water partition coefficient (Wildman–Crippen LogP) is 2.35. The van der Waals surface area contributed by atoms with Gasteiger partial charge in [0.2, 0.25) is 11.8 Å². The maximum atomic E-state index is 12.7. The van der Waals surface area contributed by atoms with E-state index in [4.69, 9.17) is 0 Å². The lowest BCUT2D eigenvalue weighted by molar-refractivity contribution is -0.138. The number of piperazine rings is 1. The first-order valence-corrected chi connectivity index (χ1v) is 10.2. The monoisotopic (exact) mass is 383 g/mol. The largest absolute Gasteiger partial charge is 0.348 e. The van der Waals surface area contributed by atoms with Crippen LogP contribution in [-0.2, 0) is 16.1 Å². The summed E-state index contributed by atoms with van der Waals surface area (Å²) in [5.41, 5.74) is 1.56. The Labute approximate surface area is 166 Å². The van der Waals surface area contributed by atoms with Gasteiger partial charge in [-0.15, -0.1) is 0 Å². The van der Waals surface area contributed by atoms with E-state index < -0.39 is 0 Å². The summed E-state index contributed by atoms with van der Waals surface area (Å²) in [4.78, 5) is 40.4. The first-order valence-electron chi connectivity index (χ1n) is 10.2. The second-order valence-corrected chi connectivity index (χ2v) is 7.57. The minimum absolute atomic E-state index is 0.00792. The van der Waals surface area contributed by atoms with Crippen molar-refractivity contribution in [2.75, 3.05) is 26.2 Å². The number of carbonyl (C=O) groups is 3. The molecule has 3 amide bonds. The van der Waals surface area contributed by atoms with Crippen LogP contribution < -0.4 is 5.32 Å². The molecule has 1 aromatic carbocycles. The van der Waals surface area contributed by atoms with Gasteiger partial charge in [0.1, 0.15) is 0 Å². The summed E-state index contributed by atoms with van der Waals surface area (Å²) >= 11 is 0. The minimum atomic E-state index is -0.221. The fourth-order valence-electron chi connectivity index (χ4n) is 3.95. The smallest absolute Gasteiger partial charge is 0.253 e. The molecule has 1 N–H and O–H groups in total. The van der Waals surface area contributed by atoms with Crippen molar-refractivity contribution in [1.82, 2.24) is 15.1 Å². The molecule has 1 heterocycles. The van der Waals surface area contributed by atoms with Gasteiger partial charge < -0.3 is 15.1 Å². The summed E-state index contributed by atoms with van der Waals surface area (Å²) in [5.74, 6) is 0.232. The van der Waals surface area contributed by atoms with E-state index in [-0.39, 0.29) is 23.6 Å². The van der Waals surface area contributed by atoms with Gasteiger partial charge in [0.15, 0.2) is 0 Å². The van der Waals surface area contributed by atoms with Crippen molar-refractivity contribution in [3.63, 3.8) is 0 Å². The normalized spacial score (nSPS) is 17.9. The molecular weight excluding hydrogens is 354 g/mol. The SMILES string of the molecule is C=CC(=O)NCc1ccc(C(=O)N2CCN(C(=O)C3CCCCC3)CC2)cc1. The summed E-state index contributed by atoms with van der Waals surface area (Å²) < 4.78 is 0. The quantitative estimate of drug-likeness (QED) is 0.794. The van der Waals surface area contributed by atoms with Crippen molar-refractivity contribution in [3.05, 3.63) is 48.0 Å². The van der Waals surface area contributed by atoms with E-state index in [9.17, 15) is 14.4 Å². The number of hydrogen-bond acceptors (Lipinski definition) is 3. The van der Waals surface area contributed by atoms with E-state index in [1.54, 1.807) is 12.1 Å². The highest BCUT2D eigenvalue weighted by molar-refractivity contribution is 5.94. The second kappa shape index (κ2) is 9.53. The molecule has 2 aliphatic rings. The molecule has 1 saturated heterocycles. The van der Waals surface area contributed by atoms with Gasteiger partial charge in [0.05, 0.1) is 0 Å². The first-order chi connectivity index (χ1) is 13.6. The third-order valence-electron chi connectivity index (χ3n) is 5.69. The second-order valence-electron chi connectivity index (χ2n) is 7.57. The van der Waals surface area contributed by atoms with Crippen molar-refractivity contribution in [3.8, 4) is 0 Å². The number of rotatable bonds is 5. The summed E-state index contributed by atoms with van der Waals surface area (Å²) in [6.07, 6.45) is 6.81. The van der Waals surface area contributed by atoms with Gasteiger partial charge in [-0.25, -0.2) is 0 Å². The molecule has 28 heavy (non-hydrogen) atoms. The van der Waals surface area contributed by atoms with Crippen LogP contribution in [0.4, 0.5) is 0 Å². The van der Waals surface area contributed by atoms with Crippen LogP contribution in [0.25, 0.3) is 0 Å². The minimum Gasteiger partial charge on any atom is -0.348 e. The first kappa shape index (κ1) is 20.1. The van der Waals surface area contributed by atoms with Gasteiger partial charge in [-0.1, -0.05) is 38.0 Å². The summed E-state index contributed by atoms with van der Waals surface area (Å²) in [6.45, 7) is 6.21. The Kier molecular flexibility index (Phi) is 6.85. The van der Waals surface area contributed by atoms with Gasteiger partial charge in [0.25, 0.3) is 5.91 Å². The van der Waals surface area contributed by atoms with Crippen LogP contribution in [0.15, 0.2) is 36.9 Å². The van der Waals surface area contributed by atoms with Crippen molar-refractivity contribution in [1.29, 1.82) is 0 Å². The fourth-order valence-corrected chi connectivity index (χ4v) is 3.95. The van der Waals surface area contributed by atoms with Gasteiger partial charge in [0, 0.05) is 44.2 Å². The molecule has 0 radical (unpaired) electrons. The zero-order valence-electron chi connectivity index (χ0n) is 16.4. The van der Waals surface area contributed by atoms with Crippen molar-refractivity contribution in [2.24, 2.45) is 5.92 Å². The molecule has 0 bridgehead atoms. The number of carbonyl (C=O) groups excluding carboxylic acids is 3. The average Bonchev–Trinajstić information content (AvgIpc) is 2.77. The van der Waals surface area contributed by atoms with E-state index in [1.807, 2.05) is 21.9 Å². The molecule has 0 unspecified atom stereocenters. The lowest BCUT2D eigenvalue weighted by Gasteiger charge is -2.37. The van der Waals surface area contributed by atoms with Crippen molar-refractivity contribution < 1.29 is 14.4 Å². The van der Waals surface area contributed by atoms with Crippen molar-refractivity contribution >= 4 is 17.7 Å². The highest BCUT2D eigenvalue weighted by Gasteiger charge is 2.29. The molecule has 1 aromatic rings. The molecule has 0 aromatic heterocycles. The molecule has 0 atom stereocenters. The molecule has 6 nitrogen and oxygen atoms in total. The molecule has 0 spiro atoms. The zero-order chi connectivity index (χ0) is 19.9. The number of hydrogen-bond donors (Lipinski definition) is 1. The molecule has 1 aliphatic carbocycles. The maximum Gasteiger partial charge on any atom is 0.253 e. The molecule has 6 heteroatoms. The fraction of sp³-hybridized carbons (Fsp3) is 0.500. The molecule has 3 rings (SSSR count). The molecule has 1 saturated carbocycles. The Morgan fingerprint density at radius 3 is 2.18 bits per heavy atom. The van der Waals surface area contributed by atoms with Gasteiger partial charge in [-0.2, -0.15) is 0 Å². The van der Waals surface area contributed by atoms with Gasteiger partial charge in [-0.3, -0.25) is 14.4 Å². The Balaban J connectivity index is 1.49. The van der Waals surface area contributed by atoms with Crippen LogP contribution in [0, 0.1) is 5.92 Å². The molecule has 2 fully saturated rings. The van der Waals surface area contributed by atoms with Gasteiger partial charge in [-0.05, 0) is 36.6 Å². The van der Waals surface area contributed by atoms with E-state index in [0.29, 0.717) is 38.3 Å². The Morgan fingerprint density at radius 2 is 1.57 bits per heavy atom. The van der Waals surface area contributed by atoms with E-state index in [2.05, 4.69) is 11.9 Å². The average molecular weight is 383 g/mol. The zero-order valence-corrected chi connectivity index (χ0v) is 16.4. The molecule has 150 valence electrons. The van der Waals surface area contributed by atoms with E-state index in [1.165, 1.54) is 12.5 Å². The van der Waals surface area contributed by atoms with Crippen molar-refractivity contribution in [2.45, 2.75) is 38.6 Å². The number of amides is 3. The Bertz CT molecular complexity index is 715. The van der Waals surface area contributed by atoms with E-state index in [0.717, 1.165) is 31.2 Å². The summed E-state index contributed by atoms with van der Waals surface area (Å²) in [5, 5.41) is 2.71. The van der Waals surface area contributed by atoms with Crippen LogP contribution >= 0.6 is 0 Å². The third-order valence-corrected chi connectivity index (χ3v) is 5.69. The lowest BCUT2D eigenvalue weighted by Crippen LogP contribution is -2.52. The summed E-state index contributed by atoms with van der Waals surface area (Å²) in [7, 11) is 0. The van der Waals surface area contributed by atoms with E-state index >= 15 is 0 Å². The Hall–Kier alpha value is -2.63. The molecule has 1 aliphatic heterocycles. The van der Waals surface area contributed by atoms with Crippen LogP contribution in [0.1, 0.15) is 48.0 Å². The Morgan fingerprint density at radius 1 is 0.964 bits per heavy atom. The van der Waals surface area contributed by atoms with Crippen LogP contribution in [0.5, 0.6) is 0 Å². The molecular formula is C22H29N3O3. The van der Waals surface area contributed by atoms with Crippen LogP contribution in [0.3, 0.4) is 0 Å². The van der Waals surface area contributed by atoms with Crippen LogP contribution in [-0.4, -0.2) is 53.7 Å². The lowest BCUT2D eigenvalue weighted by atomic mass is 9.88. The van der Waals surface area contributed by atoms with Gasteiger partial charge >= 0.3 is 0 Å².